The third kappa shape index (κ3) is 2.20. The Balaban J connectivity index is 2.34. The van der Waals surface area contributed by atoms with Gasteiger partial charge in [-0.05, 0) is 43.9 Å². The Morgan fingerprint density at radius 1 is 1.44 bits per heavy atom. The number of likely N-dealkylation sites (tertiary alicyclic amines) is 1. The van der Waals surface area contributed by atoms with Gasteiger partial charge in [-0.15, -0.1) is 0 Å². The number of phenolic OH excluding ortho intramolecular Hbond substituents is 1. The number of carbonyl (C=O) groups excluding carboxylic acids is 1. The highest BCUT2D eigenvalue weighted by Crippen LogP contribution is 2.28. The van der Waals surface area contributed by atoms with E-state index in [0.717, 1.165) is 18.4 Å². The molecule has 1 saturated heterocycles. The van der Waals surface area contributed by atoms with Gasteiger partial charge in [0, 0.05) is 6.54 Å². The van der Waals surface area contributed by atoms with Crippen molar-refractivity contribution >= 4 is 5.91 Å². The summed E-state index contributed by atoms with van der Waals surface area (Å²) in [5.74, 6) is -0.134. The SMILES string of the molecule is Cc1cc(C)c(O)c(C(=O)N2CCC[C@@H]2CO)c1. The lowest BCUT2D eigenvalue weighted by atomic mass is 10.0. The normalized spacial score (nSPS) is 19.3. The lowest BCUT2D eigenvalue weighted by Crippen LogP contribution is -2.37. The molecular formula is C14H19NO3. The van der Waals surface area contributed by atoms with Gasteiger partial charge in [0.15, 0.2) is 0 Å². The average Bonchev–Trinajstić information content (AvgIpc) is 2.81. The largest absolute Gasteiger partial charge is 0.507 e. The van der Waals surface area contributed by atoms with Crippen molar-refractivity contribution in [1.82, 2.24) is 4.90 Å². The molecule has 0 unspecified atom stereocenters. The van der Waals surface area contributed by atoms with Crippen LogP contribution in [0.1, 0.15) is 34.3 Å². The Morgan fingerprint density at radius 2 is 2.17 bits per heavy atom. The van der Waals surface area contributed by atoms with Crippen LogP contribution in [0.4, 0.5) is 0 Å². The monoisotopic (exact) mass is 249 g/mol. The first-order chi connectivity index (χ1) is 8.54. The molecule has 1 aromatic rings. The van der Waals surface area contributed by atoms with Gasteiger partial charge in [0.25, 0.3) is 5.91 Å². The molecule has 0 aromatic heterocycles. The molecule has 0 aliphatic carbocycles. The second-order valence-corrected chi connectivity index (χ2v) is 4.96. The lowest BCUT2D eigenvalue weighted by Gasteiger charge is -2.24. The Kier molecular flexibility index (Phi) is 3.57. The van der Waals surface area contributed by atoms with Crippen LogP contribution in [0.5, 0.6) is 5.75 Å². The second kappa shape index (κ2) is 4.98. The summed E-state index contributed by atoms with van der Waals surface area (Å²) in [6, 6.07) is 3.44. The first kappa shape index (κ1) is 12.9. The van der Waals surface area contributed by atoms with E-state index in [1.165, 1.54) is 0 Å². The summed E-state index contributed by atoms with van der Waals surface area (Å²) in [5, 5.41) is 19.3. The van der Waals surface area contributed by atoms with Gasteiger partial charge in [-0.2, -0.15) is 0 Å². The molecule has 0 bridgehead atoms. The summed E-state index contributed by atoms with van der Waals surface area (Å²) in [7, 11) is 0. The number of phenols is 1. The molecule has 0 radical (unpaired) electrons. The zero-order valence-electron chi connectivity index (χ0n) is 10.8. The molecule has 1 atom stereocenters. The van der Waals surface area contributed by atoms with Crippen LogP contribution >= 0.6 is 0 Å². The van der Waals surface area contributed by atoms with Gasteiger partial charge in [0.05, 0.1) is 18.2 Å². The number of aliphatic hydroxyl groups is 1. The predicted octanol–water partition coefficient (Wildman–Crippen LogP) is 1.61. The van der Waals surface area contributed by atoms with Crippen molar-refractivity contribution in [2.75, 3.05) is 13.2 Å². The molecule has 4 nitrogen and oxygen atoms in total. The van der Waals surface area contributed by atoms with Gasteiger partial charge in [-0.1, -0.05) is 6.07 Å². The molecule has 18 heavy (non-hydrogen) atoms. The van der Waals surface area contributed by atoms with Crippen molar-refractivity contribution in [3.63, 3.8) is 0 Å². The maximum Gasteiger partial charge on any atom is 0.257 e. The van der Waals surface area contributed by atoms with Gasteiger partial charge < -0.3 is 15.1 Å². The third-order valence-electron chi connectivity index (χ3n) is 3.52. The quantitative estimate of drug-likeness (QED) is 0.837. The summed E-state index contributed by atoms with van der Waals surface area (Å²) in [6.07, 6.45) is 1.73. The average molecular weight is 249 g/mol. The van der Waals surface area contributed by atoms with Crippen LogP contribution in [0.15, 0.2) is 12.1 Å². The van der Waals surface area contributed by atoms with Crippen molar-refractivity contribution < 1.29 is 15.0 Å². The first-order valence-electron chi connectivity index (χ1n) is 6.26. The zero-order chi connectivity index (χ0) is 13.3. The highest BCUT2D eigenvalue weighted by molar-refractivity contribution is 5.97. The van der Waals surface area contributed by atoms with E-state index in [-0.39, 0.29) is 24.3 Å². The molecule has 2 N–H and O–H groups in total. The van der Waals surface area contributed by atoms with Crippen LogP contribution in [0.2, 0.25) is 0 Å². The summed E-state index contributed by atoms with van der Waals surface area (Å²) in [5.41, 5.74) is 2.00. The van der Waals surface area contributed by atoms with Crippen LogP contribution in [0.25, 0.3) is 0 Å². The number of rotatable bonds is 2. The van der Waals surface area contributed by atoms with Gasteiger partial charge in [-0.25, -0.2) is 0 Å². The van der Waals surface area contributed by atoms with Crippen molar-refractivity contribution in [1.29, 1.82) is 0 Å². The first-order valence-corrected chi connectivity index (χ1v) is 6.26. The fourth-order valence-corrected chi connectivity index (χ4v) is 2.57. The Bertz CT molecular complexity index is 470. The molecule has 4 heteroatoms. The number of amides is 1. The third-order valence-corrected chi connectivity index (χ3v) is 3.52. The molecule has 0 saturated carbocycles. The van der Waals surface area contributed by atoms with E-state index in [2.05, 4.69) is 0 Å². The van der Waals surface area contributed by atoms with Crippen molar-refractivity contribution in [3.05, 3.63) is 28.8 Å². The minimum atomic E-state index is -0.184. The minimum absolute atomic E-state index is 0.0166. The van der Waals surface area contributed by atoms with Crippen molar-refractivity contribution in [3.8, 4) is 5.75 Å². The summed E-state index contributed by atoms with van der Waals surface area (Å²) in [4.78, 5) is 14.1. The number of benzene rings is 1. The van der Waals surface area contributed by atoms with Crippen LogP contribution in [-0.4, -0.2) is 40.2 Å². The Morgan fingerprint density at radius 3 is 2.83 bits per heavy atom. The molecule has 1 aromatic carbocycles. The molecule has 0 spiro atoms. The van der Waals surface area contributed by atoms with Crippen LogP contribution in [0.3, 0.4) is 0 Å². The molecular weight excluding hydrogens is 230 g/mol. The van der Waals surface area contributed by atoms with E-state index in [4.69, 9.17) is 0 Å². The number of hydrogen-bond acceptors (Lipinski definition) is 3. The Labute approximate surface area is 107 Å². The topological polar surface area (TPSA) is 60.8 Å². The highest BCUT2D eigenvalue weighted by Gasteiger charge is 2.30. The molecule has 1 heterocycles. The smallest absolute Gasteiger partial charge is 0.257 e. The van der Waals surface area contributed by atoms with Crippen LogP contribution in [-0.2, 0) is 0 Å². The number of nitrogens with zero attached hydrogens (tertiary/aromatic N) is 1. The van der Waals surface area contributed by atoms with E-state index in [1.807, 2.05) is 13.0 Å². The van der Waals surface area contributed by atoms with E-state index >= 15 is 0 Å². The predicted molar refractivity (Wildman–Crippen MR) is 68.7 cm³/mol. The molecule has 98 valence electrons. The zero-order valence-corrected chi connectivity index (χ0v) is 10.8. The van der Waals surface area contributed by atoms with Crippen LogP contribution < -0.4 is 0 Å². The van der Waals surface area contributed by atoms with Crippen LogP contribution in [0, 0.1) is 13.8 Å². The Hall–Kier alpha value is -1.55. The second-order valence-electron chi connectivity index (χ2n) is 4.96. The number of hydrogen-bond donors (Lipinski definition) is 2. The maximum atomic E-state index is 12.4. The molecule has 1 aliphatic rings. The van der Waals surface area contributed by atoms with Crippen molar-refractivity contribution in [2.45, 2.75) is 32.7 Å². The highest BCUT2D eigenvalue weighted by atomic mass is 16.3. The molecule has 1 aliphatic heterocycles. The number of aliphatic hydroxyl groups excluding tert-OH is 1. The van der Waals surface area contributed by atoms with Gasteiger partial charge in [0.2, 0.25) is 0 Å². The van der Waals surface area contributed by atoms with E-state index in [1.54, 1.807) is 17.9 Å². The van der Waals surface area contributed by atoms with Gasteiger partial charge in [-0.3, -0.25) is 4.79 Å². The van der Waals surface area contributed by atoms with E-state index < -0.39 is 0 Å². The van der Waals surface area contributed by atoms with Gasteiger partial charge in [0.1, 0.15) is 5.75 Å². The summed E-state index contributed by atoms with van der Waals surface area (Å²) in [6.45, 7) is 4.32. The van der Waals surface area contributed by atoms with Gasteiger partial charge >= 0.3 is 0 Å². The number of carbonyl (C=O) groups is 1. The number of aryl methyl sites for hydroxylation is 2. The fourth-order valence-electron chi connectivity index (χ4n) is 2.57. The van der Waals surface area contributed by atoms with Crippen molar-refractivity contribution in [2.24, 2.45) is 0 Å². The summed E-state index contributed by atoms with van der Waals surface area (Å²) < 4.78 is 0. The standard InChI is InChI=1S/C14H19NO3/c1-9-6-10(2)13(17)12(7-9)14(18)15-5-3-4-11(15)8-16/h6-7,11,16-17H,3-5,8H2,1-2H3/t11-/m1/s1. The molecule has 1 amide bonds. The minimum Gasteiger partial charge on any atom is -0.507 e. The fraction of sp³-hybridized carbons (Fsp3) is 0.500. The number of aromatic hydroxyl groups is 1. The summed E-state index contributed by atoms with van der Waals surface area (Å²) >= 11 is 0. The molecule has 2 rings (SSSR count). The lowest BCUT2D eigenvalue weighted by molar-refractivity contribution is 0.0674. The van der Waals surface area contributed by atoms with E-state index in [9.17, 15) is 15.0 Å². The van der Waals surface area contributed by atoms with E-state index in [0.29, 0.717) is 17.7 Å². The molecule has 1 fully saturated rings. The maximum absolute atomic E-state index is 12.4.